The van der Waals surface area contributed by atoms with Gasteiger partial charge in [-0.15, -0.1) is 0 Å². The largest absolute Gasteiger partial charge is 0.504 e. The van der Waals surface area contributed by atoms with Gasteiger partial charge in [0.1, 0.15) is 6.26 Å². The molecule has 6 heteroatoms. The highest BCUT2D eigenvalue weighted by atomic mass is 16.5. The summed E-state index contributed by atoms with van der Waals surface area (Å²) >= 11 is 0. The molecule has 6 nitrogen and oxygen atoms in total. The maximum atomic E-state index is 12.7. The Labute approximate surface area is 136 Å². The van der Waals surface area contributed by atoms with Crippen molar-refractivity contribution in [3.63, 3.8) is 0 Å². The van der Waals surface area contributed by atoms with Gasteiger partial charge in [0, 0.05) is 6.42 Å². The second kappa shape index (κ2) is 5.49. The van der Waals surface area contributed by atoms with Crippen molar-refractivity contribution in [2.75, 3.05) is 13.2 Å². The van der Waals surface area contributed by atoms with Crippen molar-refractivity contribution in [3.8, 4) is 34.1 Å². The average molecular weight is 326 g/mol. The van der Waals surface area contributed by atoms with E-state index >= 15 is 0 Å². The van der Waals surface area contributed by atoms with Crippen molar-refractivity contribution in [3.05, 3.63) is 46.8 Å². The molecule has 1 aliphatic heterocycles. The van der Waals surface area contributed by atoms with Gasteiger partial charge in [-0.05, 0) is 29.8 Å². The summed E-state index contributed by atoms with van der Waals surface area (Å²) in [6.45, 7) is 1.14. The molecule has 0 aliphatic carbocycles. The third-order valence-electron chi connectivity index (χ3n) is 3.95. The fourth-order valence-corrected chi connectivity index (χ4v) is 2.71. The molecule has 1 aliphatic rings. The molecule has 122 valence electrons. The number of fused-ring (bicyclic) bond motifs is 2. The van der Waals surface area contributed by atoms with E-state index in [-0.39, 0.29) is 22.1 Å². The van der Waals surface area contributed by atoms with Crippen LogP contribution in [0, 0.1) is 0 Å². The van der Waals surface area contributed by atoms with E-state index in [1.54, 1.807) is 18.2 Å². The van der Waals surface area contributed by atoms with Crippen molar-refractivity contribution in [1.82, 2.24) is 0 Å². The van der Waals surface area contributed by atoms with E-state index in [9.17, 15) is 15.0 Å². The van der Waals surface area contributed by atoms with Gasteiger partial charge in [0.25, 0.3) is 0 Å². The molecule has 0 unspecified atom stereocenters. The summed E-state index contributed by atoms with van der Waals surface area (Å²) in [5.41, 5.74) is 0.616. The quantitative estimate of drug-likeness (QED) is 0.668. The molecule has 2 heterocycles. The Balaban J connectivity index is 1.88. The van der Waals surface area contributed by atoms with Gasteiger partial charge in [0.05, 0.1) is 24.2 Å². The molecule has 0 spiro atoms. The summed E-state index contributed by atoms with van der Waals surface area (Å²) in [6, 6.07) is 7.92. The first-order chi connectivity index (χ1) is 11.6. The Bertz CT molecular complexity index is 989. The lowest BCUT2D eigenvalue weighted by atomic mass is 10.0. The standard InChI is InChI=1S/C18H14O6/c19-13-4-3-11-16(20)12(9-24-18(11)17(13)21)10-2-5-14-15(8-10)23-7-1-6-22-14/h2-5,8-9,19,21H,1,6-7H2. The molecule has 0 fully saturated rings. The van der Waals surface area contributed by atoms with Crippen LogP contribution in [0.25, 0.3) is 22.1 Å². The molecule has 3 aromatic rings. The lowest BCUT2D eigenvalue weighted by molar-refractivity contribution is 0.297. The Morgan fingerprint density at radius 3 is 2.58 bits per heavy atom. The number of hydrogen-bond acceptors (Lipinski definition) is 6. The first kappa shape index (κ1) is 14.4. The minimum atomic E-state index is -0.449. The van der Waals surface area contributed by atoms with Crippen molar-refractivity contribution in [2.45, 2.75) is 6.42 Å². The lowest BCUT2D eigenvalue weighted by Gasteiger charge is -2.09. The monoisotopic (exact) mass is 326 g/mol. The minimum Gasteiger partial charge on any atom is -0.504 e. The zero-order chi connectivity index (χ0) is 16.7. The van der Waals surface area contributed by atoms with E-state index in [4.69, 9.17) is 13.9 Å². The van der Waals surface area contributed by atoms with Gasteiger partial charge in [0.2, 0.25) is 11.2 Å². The van der Waals surface area contributed by atoms with E-state index in [1.165, 1.54) is 18.4 Å². The van der Waals surface area contributed by atoms with Gasteiger partial charge in [0.15, 0.2) is 22.8 Å². The fraction of sp³-hybridized carbons (Fsp3) is 0.167. The van der Waals surface area contributed by atoms with E-state index < -0.39 is 5.75 Å². The van der Waals surface area contributed by atoms with Crippen LogP contribution >= 0.6 is 0 Å². The summed E-state index contributed by atoms with van der Waals surface area (Å²) in [5.74, 6) is 0.436. The molecule has 0 saturated carbocycles. The summed E-state index contributed by atoms with van der Waals surface area (Å²) in [4.78, 5) is 12.7. The van der Waals surface area contributed by atoms with Crippen LogP contribution in [-0.4, -0.2) is 23.4 Å². The van der Waals surface area contributed by atoms with E-state index in [2.05, 4.69) is 0 Å². The van der Waals surface area contributed by atoms with Gasteiger partial charge in [-0.2, -0.15) is 0 Å². The van der Waals surface area contributed by atoms with Crippen LogP contribution < -0.4 is 14.9 Å². The Morgan fingerprint density at radius 1 is 0.958 bits per heavy atom. The van der Waals surface area contributed by atoms with Gasteiger partial charge < -0.3 is 24.1 Å². The molecule has 0 bridgehead atoms. The van der Waals surface area contributed by atoms with Crippen LogP contribution in [0.2, 0.25) is 0 Å². The van der Waals surface area contributed by atoms with Crippen LogP contribution in [0.4, 0.5) is 0 Å². The zero-order valence-corrected chi connectivity index (χ0v) is 12.6. The van der Waals surface area contributed by atoms with E-state index in [0.717, 1.165) is 6.42 Å². The average Bonchev–Trinajstić information content (AvgIpc) is 2.83. The number of ether oxygens (including phenoxy) is 2. The van der Waals surface area contributed by atoms with Crippen LogP contribution in [0.15, 0.2) is 45.8 Å². The number of phenols is 2. The second-order valence-corrected chi connectivity index (χ2v) is 5.50. The maximum absolute atomic E-state index is 12.7. The fourth-order valence-electron chi connectivity index (χ4n) is 2.71. The molecule has 2 aromatic carbocycles. The molecular formula is C18H14O6. The first-order valence-corrected chi connectivity index (χ1v) is 7.51. The smallest absolute Gasteiger partial charge is 0.201 e. The van der Waals surface area contributed by atoms with Crippen LogP contribution in [0.1, 0.15) is 6.42 Å². The molecular weight excluding hydrogens is 312 g/mol. The molecule has 0 atom stereocenters. The SMILES string of the molecule is O=c1c(-c2ccc3c(c2)OCCCO3)coc2c(O)c(O)ccc12. The summed E-state index contributed by atoms with van der Waals surface area (Å²) in [6.07, 6.45) is 2.06. The predicted molar refractivity (Wildman–Crippen MR) is 86.9 cm³/mol. The number of benzene rings is 2. The van der Waals surface area contributed by atoms with Crippen molar-refractivity contribution in [2.24, 2.45) is 0 Å². The molecule has 24 heavy (non-hydrogen) atoms. The molecule has 0 radical (unpaired) electrons. The highest BCUT2D eigenvalue weighted by Gasteiger charge is 2.17. The van der Waals surface area contributed by atoms with E-state index in [0.29, 0.717) is 35.8 Å². The molecule has 4 rings (SSSR count). The third-order valence-corrected chi connectivity index (χ3v) is 3.95. The van der Waals surface area contributed by atoms with Gasteiger partial charge in [-0.3, -0.25) is 4.79 Å². The van der Waals surface area contributed by atoms with Gasteiger partial charge in [-0.25, -0.2) is 0 Å². The van der Waals surface area contributed by atoms with Crippen LogP contribution in [0.5, 0.6) is 23.0 Å². The Hall–Kier alpha value is -3.15. The van der Waals surface area contributed by atoms with Crippen LogP contribution in [0.3, 0.4) is 0 Å². The molecule has 0 saturated heterocycles. The van der Waals surface area contributed by atoms with Gasteiger partial charge >= 0.3 is 0 Å². The number of hydrogen-bond donors (Lipinski definition) is 2. The Morgan fingerprint density at radius 2 is 1.75 bits per heavy atom. The molecule has 0 amide bonds. The van der Waals surface area contributed by atoms with Gasteiger partial charge in [-0.1, -0.05) is 6.07 Å². The molecule has 1 aromatic heterocycles. The van der Waals surface area contributed by atoms with E-state index in [1.807, 2.05) is 0 Å². The summed E-state index contributed by atoms with van der Waals surface area (Å²) < 4.78 is 16.6. The zero-order valence-electron chi connectivity index (χ0n) is 12.6. The first-order valence-electron chi connectivity index (χ1n) is 7.51. The normalized spacial score (nSPS) is 13.7. The highest BCUT2D eigenvalue weighted by molar-refractivity contribution is 5.87. The summed E-state index contributed by atoms with van der Waals surface area (Å²) in [7, 11) is 0. The lowest BCUT2D eigenvalue weighted by Crippen LogP contribution is -2.05. The van der Waals surface area contributed by atoms with Crippen molar-refractivity contribution < 1.29 is 24.1 Å². The Kier molecular flexibility index (Phi) is 3.30. The predicted octanol–water partition coefficient (Wildman–Crippen LogP) is 3.03. The molecule has 2 N–H and O–H groups in total. The highest BCUT2D eigenvalue weighted by Crippen LogP contribution is 2.36. The van der Waals surface area contributed by atoms with Crippen molar-refractivity contribution in [1.29, 1.82) is 0 Å². The topological polar surface area (TPSA) is 89.1 Å². The van der Waals surface area contributed by atoms with Crippen LogP contribution in [-0.2, 0) is 0 Å². The summed E-state index contributed by atoms with van der Waals surface area (Å²) in [5, 5.41) is 19.5. The third kappa shape index (κ3) is 2.23. The minimum absolute atomic E-state index is 0.0434. The number of phenolic OH excluding ortho intramolecular Hbond substituents is 2. The maximum Gasteiger partial charge on any atom is 0.201 e. The van der Waals surface area contributed by atoms with Crippen molar-refractivity contribution >= 4 is 11.0 Å². The number of rotatable bonds is 1. The number of aromatic hydroxyl groups is 2. The second-order valence-electron chi connectivity index (χ2n) is 5.50.